The number of likely N-dealkylation sites (N-methyl/N-ethyl adjacent to an activating group) is 1. The van der Waals surface area contributed by atoms with Crippen molar-refractivity contribution in [1.82, 2.24) is 5.32 Å². The zero-order valence-corrected chi connectivity index (χ0v) is 11.3. The molecule has 0 radical (unpaired) electrons. The number of ether oxygens (including phenoxy) is 1. The lowest BCUT2D eigenvalue weighted by atomic mass is 9.92. The molecule has 5 nitrogen and oxygen atoms in total. The van der Waals surface area contributed by atoms with Gasteiger partial charge in [-0.05, 0) is 34.2 Å². The first-order valence-corrected chi connectivity index (χ1v) is 5.85. The summed E-state index contributed by atoms with van der Waals surface area (Å²) in [7, 11) is 1.47. The third-order valence-corrected chi connectivity index (χ3v) is 2.44. The molecular formula is C12H23NO4. The van der Waals surface area contributed by atoms with Crippen LogP contribution in [0.2, 0.25) is 0 Å². The van der Waals surface area contributed by atoms with Crippen molar-refractivity contribution in [2.45, 2.75) is 58.1 Å². The molecule has 0 spiro atoms. The molecule has 0 fully saturated rings. The number of hydrogen-bond donors (Lipinski definition) is 2. The standard InChI is InChI=1S/C12H23NO4/c1-6-7-8-12(13-5,9(14)15)10(16)17-11(2,3)4/h13H,6-8H2,1-5H3,(H,14,15)/t12-/m0/s1. The minimum absolute atomic E-state index is 0.226. The van der Waals surface area contributed by atoms with Gasteiger partial charge in [0.15, 0.2) is 0 Å². The average molecular weight is 245 g/mol. The maximum atomic E-state index is 12.0. The Balaban J connectivity index is 5.02. The number of nitrogens with one attached hydrogen (secondary N) is 1. The zero-order chi connectivity index (χ0) is 13.7. The van der Waals surface area contributed by atoms with Crippen LogP contribution in [0, 0.1) is 0 Å². The molecule has 17 heavy (non-hydrogen) atoms. The van der Waals surface area contributed by atoms with Crippen LogP contribution in [0.5, 0.6) is 0 Å². The number of carboxylic acid groups (broad SMARTS) is 1. The van der Waals surface area contributed by atoms with Crippen LogP contribution in [0.1, 0.15) is 47.0 Å². The lowest BCUT2D eigenvalue weighted by molar-refractivity contribution is -0.171. The molecule has 0 saturated heterocycles. The van der Waals surface area contributed by atoms with Crippen molar-refractivity contribution < 1.29 is 19.4 Å². The van der Waals surface area contributed by atoms with E-state index < -0.39 is 23.1 Å². The van der Waals surface area contributed by atoms with Crippen LogP contribution >= 0.6 is 0 Å². The van der Waals surface area contributed by atoms with Crippen molar-refractivity contribution >= 4 is 11.9 Å². The molecular weight excluding hydrogens is 222 g/mol. The molecule has 0 unspecified atom stereocenters. The second-order valence-electron chi connectivity index (χ2n) is 5.07. The summed E-state index contributed by atoms with van der Waals surface area (Å²) in [5.41, 5.74) is -2.33. The maximum Gasteiger partial charge on any atom is 0.338 e. The fourth-order valence-corrected chi connectivity index (χ4v) is 1.44. The van der Waals surface area contributed by atoms with Gasteiger partial charge in [-0.2, -0.15) is 0 Å². The molecule has 0 aliphatic heterocycles. The Morgan fingerprint density at radius 3 is 2.12 bits per heavy atom. The predicted octanol–water partition coefficient (Wildman–Crippen LogP) is 1.56. The molecule has 0 heterocycles. The molecule has 0 rings (SSSR count). The van der Waals surface area contributed by atoms with E-state index >= 15 is 0 Å². The first-order chi connectivity index (χ1) is 7.69. The Morgan fingerprint density at radius 1 is 1.29 bits per heavy atom. The fraction of sp³-hybridized carbons (Fsp3) is 0.833. The SMILES string of the molecule is CCCC[C@](NC)(C(=O)O)C(=O)OC(C)(C)C. The number of esters is 1. The minimum Gasteiger partial charge on any atom is -0.479 e. The van der Waals surface area contributed by atoms with Gasteiger partial charge in [0, 0.05) is 0 Å². The monoisotopic (exact) mass is 245 g/mol. The van der Waals surface area contributed by atoms with E-state index in [2.05, 4.69) is 5.32 Å². The van der Waals surface area contributed by atoms with Gasteiger partial charge in [0.25, 0.3) is 0 Å². The summed E-state index contributed by atoms with van der Waals surface area (Å²) >= 11 is 0. The molecule has 1 atom stereocenters. The van der Waals surface area contributed by atoms with Crippen LogP contribution in [-0.4, -0.2) is 35.2 Å². The molecule has 5 heteroatoms. The fourth-order valence-electron chi connectivity index (χ4n) is 1.44. The molecule has 0 amide bonds. The number of unbranched alkanes of at least 4 members (excludes halogenated alkanes) is 1. The van der Waals surface area contributed by atoms with Gasteiger partial charge < -0.3 is 9.84 Å². The van der Waals surface area contributed by atoms with Gasteiger partial charge in [-0.25, -0.2) is 9.59 Å². The van der Waals surface area contributed by atoms with Gasteiger partial charge in [-0.15, -0.1) is 0 Å². The summed E-state index contributed by atoms with van der Waals surface area (Å²) in [6, 6.07) is 0. The Morgan fingerprint density at radius 2 is 1.82 bits per heavy atom. The third-order valence-electron chi connectivity index (χ3n) is 2.44. The van der Waals surface area contributed by atoms with Gasteiger partial charge in [-0.1, -0.05) is 19.8 Å². The van der Waals surface area contributed by atoms with E-state index in [1.807, 2.05) is 6.92 Å². The van der Waals surface area contributed by atoms with Crippen LogP contribution < -0.4 is 5.32 Å². The van der Waals surface area contributed by atoms with Gasteiger partial charge >= 0.3 is 11.9 Å². The van der Waals surface area contributed by atoms with E-state index in [4.69, 9.17) is 4.74 Å². The van der Waals surface area contributed by atoms with Crippen LogP contribution in [-0.2, 0) is 14.3 Å². The van der Waals surface area contributed by atoms with E-state index in [1.165, 1.54) is 7.05 Å². The highest BCUT2D eigenvalue weighted by atomic mass is 16.6. The topological polar surface area (TPSA) is 75.6 Å². The van der Waals surface area contributed by atoms with Gasteiger partial charge in [0.05, 0.1) is 0 Å². The average Bonchev–Trinajstić information content (AvgIpc) is 2.16. The summed E-state index contributed by atoms with van der Waals surface area (Å²) in [6.45, 7) is 7.09. The Bertz CT molecular complexity index is 283. The predicted molar refractivity (Wildman–Crippen MR) is 64.8 cm³/mol. The summed E-state index contributed by atoms with van der Waals surface area (Å²) in [5, 5.41) is 11.9. The summed E-state index contributed by atoms with van der Waals surface area (Å²) < 4.78 is 5.17. The summed E-state index contributed by atoms with van der Waals surface area (Å²) in [4.78, 5) is 23.3. The Labute approximate surface area is 103 Å². The first kappa shape index (κ1) is 15.9. The molecule has 0 bridgehead atoms. The third kappa shape index (κ3) is 4.34. The van der Waals surface area contributed by atoms with Crippen molar-refractivity contribution in [2.24, 2.45) is 0 Å². The first-order valence-electron chi connectivity index (χ1n) is 5.85. The second kappa shape index (κ2) is 6.00. The zero-order valence-electron chi connectivity index (χ0n) is 11.3. The van der Waals surface area contributed by atoms with E-state index in [-0.39, 0.29) is 6.42 Å². The van der Waals surface area contributed by atoms with E-state index in [9.17, 15) is 14.7 Å². The van der Waals surface area contributed by atoms with Crippen LogP contribution in [0.3, 0.4) is 0 Å². The lowest BCUT2D eigenvalue weighted by Gasteiger charge is -2.30. The van der Waals surface area contributed by atoms with Crippen molar-refractivity contribution in [1.29, 1.82) is 0 Å². The summed E-state index contributed by atoms with van der Waals surface area (Å²) in [5.74, 6) is -1.92. The quantitative estimate of drug-likeness (QED) is 0.548. The summed E-state index contributed by atoms with van der Waals surface area (Å²) in [6.07, 6.45) is 1.69. The van der Waals surface area contributed by atoms with E-state index in [0.717, 1.165) is 6.42 Å². The van der Waals surface area contributed by atoms with Gasteiger partial charge in [0.1, 0.15) is 5.60 Å². The molecule has 0 aromatic carbocycles. The molecule has 0 aliphatic carbocycles. The molecule has 0 aromatic heterocycles. The molecule has 2 N–H and O–H groups in total. The highest BCUT2D eigenvalue weighted by Crippen LogP contribution is 2.20. The lowest BCUT2D eigenvalue weighted by Crippen LogP contribution is -2.58. The highest BCUT2D eigenvalue weighted by molar-refractivity contribution is 6.04. The number of rotatable bonds is 6. The smallest absolute Gasteiger partial charge is 0.338 e. The van der Waals surface area contributed by atoms with Crippen molar-refractivity contribution in [2.75, 3.05) is 7.05 Å². The van der Waals surface area contributed by atoms with Crippen molar-refractivity contribution in [3.05, 3.63) is 0 Å². The number of aliphatic carboxylic acids is 1. The minimum atomic E-state index is -1.64. The molecule has 0 saturated carbocycles. The molecule has 0 aliphatic rings. The largest absolute Gasteiger partial charge is 0.479 e. The molecule has 100 valence electrons. The van der Waals surface area contributed by atoms with Crippen LogP contribution in [0.4, 0.5) is 0 Å². The van der Waals surface area contributed by atoms with Gasteiger partial charge in [-0.3, -0.25) is 5.32 Å². The number of carbonyl (C=O) groups is 2. The van der Waals surface area contributed by atoms with Crippen molar-refractivity contribution in [3.63, 3.8) is 0 Å². The van der Waals surface area contributed by atoms with Crippen LogP contribution in [0.25, 0.3) is 0 Å². The normalized spacial score (nSPS) is 15.1. The van der Waals surface area contributed by atoms with Crippen molar-refractivity contribution in [3.8, 4) is 0 Å². The number of carbonyl (C=O) groups excluding carboxylic acids is 1. The van der Waals surface area contributed by atoms with Crippen LogP contribution in [0.15, 0.2) is 0 Å². The highest BCUT2D eigenvalue weighted by Gasteiger charge is 2.47. The Hall–Kier alpha value is -1.10. The maximum absolute atomic E-state index is 12.0. The number of carboxylic acids is 1. The van der Waals surface area contributed by atoms with E-state index in [1.54, 1.807) is 20.8 Å². The second-order valence-corrected chi connectivity index (χ2v) is 5.07. The molecule has 0 aromatic rings. The Kier molecular flexibility index (Phi) is 5.61. The van der Waals surface area contributed by atoms with E-state index in [0.29, 0.717) is 6.42 Å². The van der Waals surface area contributed by atoms with Gasteiger partial charge in [0.2, 0.25) is 5.54 Å². The number of hydrogen-bond acceptors (Lipinski definition) is 4.